The summed E-state index contributed by atoms with van der Waals surface area (Å²) in [7, 11) is 1.68. The van der Waals surface area contributed by atoms with Crippen molar-refractivity contribution in [2.24, 2.45) is 5.73 Å². The molecule has 4 fully saturated rings. The molecule has 0 bridgehead atoms. The van der Waals surface area contributed by atoms with Gasteiger partial charge in [-0.3, -0.25) is 29.5 Å². The fourth-order valence-electron chi connectivity index (χ4n) is 8.16. The Morgan fingerprint density at radius 2 is 1.69 bits per heavy atom. The normalized spacial score (nSPS) is 20.8. The Hall–Kier alpha value is -4.79. The highest BCUT2D eigenvalue weighted by Crippen LogP contribution is 2.35. The number of benzene rings is 2. The maximum Gasteiger partial charge on any atom is 0.271 e. The van der Waals surface area contributed by atoms with E-state index in [1.54, 1.807) is 7.11 Å². The Labute approximate surface area is 317 Å². The van der Waals surface area contributed by atoms with Crippen molar-refractivity contribution >= 4 is 40.7 Å². The van der Waals surface area contributed by atoms with Crippen LogP contribution in [0.5, 0.6) is 5.75 Å². The zero-order valence-corrected chi connectivity index (χ0v) is 31.4. The van der Waals surface area contributed by atoms with Gasteiger partial charge in [-0.2, -0.15) is 0 Å². The number of nitrogens with one attached hydrogen (secondary N) is 3. The Morgan fingerprint density at radius 1 is 0.944 bits per heavy atom. The number of aryl methyl sites for hydroxylation is 1. The maximum atomic E-state index is 12.5. The molecular weight excluding hydrogens is 686 g/mol. The van der Waals surface area contributed by atoms with E-state index < -0.39 is 5.91 Å². The molecule has 4 saturated heterocycles. The van der Waals surface area contributed by atoms with E-state index in [2.05, 4.69) is 53.8 Å². The molecule has 3 aromatic rings. The molecule has 14 heteroatoms. The monoisotopic (exact) mass is 739 g/mol. The number of aromatic nitrogens is 2. The lowest BCUT2D eigenvalue weighted by Crippen LogP contribution is -2.53. The van der Waals surface area contributed by atoms with E-state index in [1.165, 1.54) is 5.56 Å². The average molecular weight is 740 g/mol. The topological polar surface area (TPSA) is 167 Å². The van der Waals surface area contributed by atoms with Crippen molar-refractivity contribution in [1.82, 2.24) is 25.1 Å². The molecule has 0 saturated carbocycles. The number of piperidine rings is 2. The fourth-order valence-corrected chi connectivity index (χ4v) is 8.16. The number of piperazine rings is 1. The molecular formula is C40H53N9O5. The molecule has 4 aliphatic rings. The van der Waals surface area contributed by atoms with E-state index in [0.717, 1.165) is 94.2 Å². The summed E-state index contributed by atoms with van der Waals surface area (Å²) in [5.41, 5.74) is 10.6. The first-order valence-corrected chi connectivity index (χ1v) is 19.4. The SMILES string of the molecule is CCc1nc(C(N)=O)c(Nc2ccc(N3CCC(N4CCN(Cc5ccc(C6CCC(=O)NC6=O)cc5)CC4)CC3)c(OC)c2)nc1NC1CCOCC1. The van der Waals surface area contributed by atoms with E-state index >= 15 is 0 Å². The van der Waals surface area contributed by atoms with Crippen LogP contribution in [-0.4, -0.2) is 109 Å². The molecule has 1 aromatic heterocycles. The molecule has 1 atom stereocenters. The van der Waals surface area contributed by atoms with Crippen LogP contribution in [0.1, 0.15) is 78.7 Å². The number of anilines is 4. The summed E-state index contributed by atoms with van der Waals surface area (Å²) in [5, 5.41) is 9.28. The highest BCUT2D eigenvalue weighted by Gasteiger charge is 2.30. The van der Waals surface area contributed by atoms with Crippen LogP contribution in [0.3, 0.4) is 0 Å². The first-order chi connectivity index (χ1) is 26.3. The van der Waals surface area contributed by atoms with Gasteiger partial charge in [0.25, 0.3) is 5.91 Å². The first-order valence-electron chi connectivity index (χ1n) is 19.4. The molecule has 4 aliphatic heterocycles. The van der Waals surface area contributed by atoms with Crippen molar-refractivity contribution in [2.75, 3.05) is 75.1 Å². The lowest BCUT2D eigenvalue weighted by Gasteiger charge is -2.43. The highest BCUT2D eigenvalue weighted by molar-refractivity contribution is 6.01. The summed E-state index contributed by atoms with van der Waals surface area (Å²) in [6.07, 6.45) is 5.50. The van der Waals surface area contributed by atoms with Crippen molar-refractivity contribution in [3.8, 4) is 5.75 Å². The van der Waals surface area contributed by atoms with Gasteiger partial charge in [0.15, 0.2) is 17.3 Å². The third-order valence-corrected chi connectivity index (χ3v) is 11.3. The van der Waals surface area contributed by atoms with E-state index in [-0.39, 0.29) is 29.5 Å². The zero-order valence-electron chi connectivity index (χ0n) is 31.4. The van der Waals surface area contributed by atoms with E-state index in [1.807, 2.05) is 31.2 Å². The van der Waals surface area contributed by atoms with Crippen LogP contribution in [0.15, 0.2) is 42.5 Å². The summed E-state index contributed by atoms with van der Waals surface area (Å²) in [6, 6.07) is 15.1. The number of amides is 3. The molecule has 0 spiro atoms. The number of carbonyl (C=O) groups excluding carboxylic acids is 3. The summed E-state index contributed by atoms with van der Waals surface area (Å²) in [4.78, 5) is 53.2. The van der Waals surface area contributed by atoms with Gasteiger partial charge in [0, 0.05) is 89.3 Å². The van der Waals surface area contributed by atoms with Gasteiger partial charge in [0.1, 0.15) is 5.75 Å². The molecule has 14 nitrogen and oxygen atoms in total. The van der Waals surface area contributed by atoms with Crippen LogP contribution >= 0.6 is 0 Å². The van der Waals surface area contributed by atoms with Gasteiger partial charge in [-0.05, 0) is 61.8 Å². The lowest BCUT2D eigenvalue weighted by atomic mass is 9.90. The van der Waals surface area contributed by atoms with Crippen LogP contribution in [0, 0.1) is 0 Å². The van der Waals surface area contributed by atoms with Crippen LogP contribution in [0.2, 0.25) is 0 Å². The summed E-state index contributed by atoms with van der Waals surface area (Å²) < 4.78 is 11.4. The number of nitrogens with two attached hydrogens (primary N) is 1. The number of hydrogen-bond donors (Lipinski definition) is 4. The van der Waals surface area contributed by atoms with Crippen LogP contribution < -0.4 is 31.3 Å². The predicted molar refractivity (Wildman–Crippen MR) is 207 cm³/mol. The molecule has 0 radical (unpaired) electrons. The zero-order chi connectivity index (χ0) is 37.6. The molecule has 1 unspecified atom stereocenters. The van der Waals surface area contributed by atoms with Crippen LogP contribution in [0.4, 0.5) is 23.0 Å². The number of nitrogens with zero attached hydrogens (tertiary/aromatic N) is 5. The first kappa shape index (κ1) is 37.5. The second-order valence-electron chi connectivity index (χ2n) is 14.8. The molecule has 0 aliphatic carbocycles. The largest absolute Gasteiger partial charge is 0.495 e. The van der Waals surface area contributed by atoms with Gasteiger partial charge in [-0.25, -0.2) is 9.97 Å². The van der Waals surface area contributed by atoms with Crippen molar-refractivity contribution in [3.05, 3.63) is 65.0 Å². The van der Waals surface area contributed by atoms with Crippen LogP contribution in [0.25, 0.3) is 0 Å². The van der Waals surface area contributed by atoms with Crippen molar-refractivity contribution < 1.29 is 23.9 Å². The number of methoxy groups -OCH3 is 1. The number of imide groups is 1. The van der Waals surface area contributed by atoms with E-state index in [4.69, 9.17) is 20.2 Å². The third kappa shape index (κ3) is 8.77. The van der Waals surface area contributed by atoms with Gasteiger partial charge >= 0.3 is 0 Å². The second kappa shape index (κ2) is 17.1. The van der Waals surface area contributed by atoms with Gasteiger partial charge in [0.2, 0.25) is 11.8 Å². The number of rotatable bonds is 12. The molecule has 3 amide bonds. The Bertz CT molecular complexity index is 1800. The van der Waals surface area contributed by atoms with Gasteiger partial charge in [-0.1, -0.05) is 31.2 Å². The highest BCUT2D eigenvalue weighted by atomic mass is 16.5. The van der Waals surface area contributed by atoms with E-state index in [9.17, 15) is 14.4 Å². The molecule has 54 heavy (non-hydrogen) atoms. The molecule has 5 heterocycles. The molecule has 288 valence electrons. The second-order valence-corrected chi connectivity index (χ2v) is 14.8. The smallest absolute Gasteiger partial charge is 0.271 e. The third-order valence-electron chi connectivity index (χ3n) is 11.3. The molecule has 2 aromatic carbocycles. The minimum Gasteiger partial charge on any atom is -0.495 e. The number of primary amides is 1. The van der Waals surface area contributed by atoms with E-state index in [0.29, 0.717) is 55.8 Å². The Kier molecular flexibility index (Phi) is 11.9. The lowest BCUT2D eigenvalue weighted by molar-refractivity contribution is -0.134. The Morgan fingerprint density at radius 3 is 2.35 bits per heavy atom. The number of ether oxygens (including phenoxy) is 2. The van der Waals surface area contributed by atoms with Gasteiger partial charge in [0.05, 0.1) is 24.4 Å². The number of carbonyl (C=O) groups is 3. The maximum absolute atomic E-state index is 12.5. The minimum absolute atomic E-state index is 0.107. The standard InChI is InChI=1S/C40H53N9O5/c1-3-32-38(42-28-14-22-54-23-15-28)46-39(36(44-32)37(41)51)43-29-8-10-33(34(24-29)53-2)49-16-12-30(13-17-49)48-20-18-47(19-21-48)25-26-4-6-27(7-5-26)31-9-11-35(50)45-40(31)52/h4-8,10,24,28,30-31H,3,9,11-23,25H2,1-2H3,(H2,41,51)(H2,42,43,46)(H,45,50,52). The van der Waals surface area contributed by atoms with Crippen molar-refractivity contribution in [2.45, 2.75) is 76.4 Å². The average Bonchev–Trinajstić information content (AvgIpc) is 3.19. The Balaban J connectivity index is 0.921. The minimum atomic E-state index is -0.636. The summed E-state index contributed by atoms with van der Waals surface area (Å²) >= 11 is 0. The quantitative estimate of drug-likeness (QED) is 0.199. The fraction of sp³-hybridized carbons (Fsp3) is 0.525. The summed E-state index contributed by atoms with van der Waals surface area (Å²) in [6.45, 7) is 10.3. The van der Waals surface area contributed by atoms with Gasteiger partial charge < -0.3 is 30.7 Å². The van der Waals surface area contributed by atoms with Gasteiger partial charge in [-0.15, -0.1) is 0 Å². The van der Waals surface area contributed by atoms with Crippen LogP contribution in [-0.2, 0) is 27.3 Å². The molecule has 7 rings (SSSR count). The number of hydrogen-bond acceptors (Lipinski definition) is 12. The van der Waals surface area contributed by atoms with Crippen molar-refractivity contribution in [3.63, 3.8) is 0 Å². The van der Waals surface area contributed by atoms with Crippen molar-refractivity contribution in [1.29, 1.82) is 0 Å². The molecule has 5 N–H and O–H groups in total. The summed E-state index contributed by atoms with van der Waals surface area (Å²) in [5.74, 6) is 0.463. The predicted octanol–water partition coefficient (Wildman–Crippen LogP) is 3.79.